The Hall–Kier alpha value is -2.84. The third kappa shape index (κ3) is 3.10. The summed E-state index contributed by atoms with van der Waals surface area (Å²) in [5, 5.41) is 2.02. The van der Waals surface area contributed by atoms with Crippen LogP contribution in [0.2, 0.25) is 0 Å². The van der Waals surface area contributed by atoms with E-state index in [4.69, 9.17) is 0 Å². The average molecular weight is 337 g/mol. The quantitative estimate of drug-likeness (QED) is 0.771. The number of imidazole rings is 1. The van der Waals surface area contributed by atoms with Crippen molar-refractivity contribution >= 4 is 17.1 Å². The molecular weight excluding hydrogens is 323 g/mol. The number of hydrogen-bond acceptors (Lipinski definition) is 3. The van der Waals surface area contributed by atoms with Crippen LogP contribution >= 0.6 is 0 Å². The number of aromatic amines is 1. The van der Waals surface area contributed by atoms with Gasteiger partial charge < -0.3 is 14.9 Å². The number of nitrogens with zero attached hydrogens (tertiary/aromatic N) is 3. The van der Waals surface area contributed by atoms with E-state index >= 15 is 0 Å². The molecule has 3 heterocycles. The summed E-state index contributed by atoms with van der Waals surface area (Å²) in [5.74, 6) is -0.254. The van der Waals surface area contributed by atoms with Gasteiger partial charge in [0.05, 0.1) is 11.1 Å². The Bertz CT molecular complexity index is 896. The van der Waals surface area contributed by atoms with Crippen molar-refractivity contribution < 1.29 is 18.0 Å². The van der Waals surface area contributed by atoms with Crippen LogP contribution in [0.5, 0.6) is 0 Å². The molecule has 0 bridgehead atoms. The Kier molecular flexibility index (Phi) is 3.78. The lowest BCUT2D eigenvalue weighted by molar-refractivity contribution is -0.155. The van der Waals surface area contributed by atoms with Crippen molar-refractivity contribution in [3.05, 3.63) is 47.7 Å². The first-order valence-corrected chi connectivity index (χ1v) is 7.06. The van der Waals surface area contributed by atoms with E-state index in [0.29, 0.717) is 17.0 Å². The van der Waals surface area contributed by atoms with Gasteiger partial charge in [-0.15, -0.1) is 0 Å². The second kappa shape index (κ2) is 5.66. The maximum atomic E-state index is 13.3. The van der Waals surface area contributed by atoms with Crippen molar-refractivity contribution in [2.24, 2.45) is 7.05 Å². The maximum Gasteiger partial charge on any atom is 0.412 e. The summed E-state index contributed by atoms with van der Waals surface area (Å²) in [6, 6.07) is 0.652. The van der Waals surface area contributed by atoms with Crippen molar-refractivity contribution in [3.63, 3.8) is 0 Å². The molecule has 1 amide bonds. The van der Waals surface area contributed by atoms with E-state index < -0.39 is 18.1 Å². The molecule has 0 aromatic carbocycles. The fourth-order valence-electron chi connectivity index (χ4n) is 2.41. The zero-order valence-corrected chi connectivity index (χ0v) is 12.8. The number of hydrogen-bond donors (Lipinski definition) is 2. The molecular formula is C15H14F3N5O. The molecule has 0 unspecified atom stereocenters. The number of rotatable bonds is 3. The van der Waals surface area contributed by atoms with Crippen LogP contribution in [0.3, 0.4) is 0 Å². The number of fused-ring (bicyclic) bond motifs is 1. The van der Waals surface area contributed by atoms with Gasteiger partial charge in [-0.25, -0.2) is 9.97 Å². The normalized spacial score (nSPS) is 13.2. The summed E-state index contributed by atoms with van der Waals surface area (Å²) in [7, 11) is 1.61. The highest BCUT2D eigenvalue weighted by Gasteiger charge is 2.42. The first-order chi connectivity index (χ1) is 11.2. The van der Waals surface area contributed by atoms with Crippen LogP contribution in [0, 0.1) is 6.92 Å². The molecule has 0 aliphatic carbocycles. The van der Waals surface area contributed by atoms with Gasteiger partial charge in [0.1, 0.15) is 5.82 Å². The van der Waals surface area contributed by atoms with Crippen LogP contribution in [0.15, 0.2) is 30.7 Å². The Balaban J connectivity index is 1.89. The lowest BCUT2D eigenvalue weighted by Gasteiger charge is -2.20. The Morgan fingerprint density at radius 1 is 1.42 bits per heavy atom. The van der Waals surface area contributed by atoms with Gasteiger partial charge >= 0.3 is 6.18 Å². The molecule has 0 aliphatic rings. The molecule has 3 rings (SSSR count). The third-order valence-corrected chi connectivity index (χ3v) is 3.51. The molecule has 0 saturated carbocycles. The number of pyridine rings is 1. The zero-order valence-electron chi connectivity index (χ0n) is 12.8. The van der Waals surface area contributed by atoms with Crippen molar-refractivity contribution in [1.82, 2.24) is 24.8 Å². The van der Waals surface area contributed by atoms with Crippen molar-refractivity contribution in [2.45, 2.75) is 19.1 Å². The highest BCUT2D eigenvalue weighted by Crippen LogP contribution is 2.33. The average Bonchev–Trinajstić information content (AvgIpc) is 3.06. The third-order valence-electron chi connectivity index (χ3n) is 3.51. The minimum atomic E-state index is -4.61. The molecule has 3 aromatic rings. The van der Waals surface area contributed by atoms with E-state index in [1.54, 1.807) is 14.0 Å². The Labute approximate surface area is 134 Å². The predicted octanol–water partition coefficient (Wildman–Crippen LogP) is 2.64. The van der Waals surface area contributed by atoms with E-state index in [1.807, 2.05) is 5.32 Å². The summed E-state index contributed by atoms with van der Waals surface area (Å²) in [5.41, 5.74) is 0.879. The van der Waals surface area contributed by atoms with Crippen LogP contribution in [0.4, 0.5) is 13.2 Å². The SMILES string of the molecule is Cc1nc2ncc(C(=O)N[C@@H](c3ccn(C)c3)C(F)(F)F)cc2[nH]1. The molecule has 24 heavy (non-hydrogen) atoms. The summed E-state index contributed by atoms with van der Waals surface area (Å²) in [6.45, 7) is 1.72. The number of carbonyl (C=O) groups is 1. The molecule has 0 fully saturated rings. The molecule has 3 aromatic heterocycles. The minimum Gasteiger partial charge on any atom is -0.357 e. The fourth-order valence-corrected chi connectivity index (χ4v) is 2.41. The number of amides is 1. The lowest BCUT2D eigenvalue weighted by Crippen LogP contribution is -2.38. The number of halogens is 3. The van der Waals surface area contributed by atoms with Gasteiger partial charge in [0.2, 0.25) is 0 Å². The highest BCUT2D eigenvalue weighted by molar-refractivity contribution is 5.96. The van der Waals surface area contributed by atoms with E-state index in [1.165, 1.54) is 35.3 Å². The molecule has 9 heteroatoms. The second-order valence-corrected chi connectivity index (χ2v) is 5.48. The molecule has 1 atom stereocenters. The van der Waals surface area contributed by atoms with E-state index in [0.717, 1.165) is 0 Å². The summed E-state index contributed by atoms with van der Waals surface area (Å²) >= 11 is 0. The number of alkyl halides is 3. The van der Waals surface area contributed by atoms with E-state index in [-0.39, 0.29) is 11.1 Å². The maximum absolute atomic E-state index is 13.3. The van der Waals surface area contributed by atoms with Crippen LogP contribution in [0.25, 0.3) is 11.2 Å². The first kappa shape index (κ1) is 16.0. The molecule has 0 radical (unpaired) electrons. The lowest BCUT2D eigenvalue weighted by atomic mass is 10.1. The monoisotopic (exact) mass is 337 g/mol. The van der Waals surface area contributed by atoms with Crippen LogP contribution < -0.4 is 5.32 Å². The van der Waals surface area contributed by atoms with Gasteiger partial charge in [-0.2, -0.15) is 13.2 Å². The number of aryl methyl sites for hydroxylation is 2. The van der Waals surface area contributed by atoms with Crippen molar-refractivity contribution in [1.29, 1.82) is 0 Å². The molecule has 0 spiro atoms. The Morgan fingerprint density at radius 2 is 2.17 bits per heavy atom. The molecule has 0 aliphatic heterocycles. The van der Waals surface area contributed by atoms with Gasteiger partial charge in [0, 0.05) is 31.2 Å². The van der Waals surface area contributed by atoms with Crippen LogP contribution in [-0.2, 0) is 7.05 Å². The minimum absolute atomic E-state index is 0.0244. The van der Waals surface area contributed by atoms with Crippen molar-refractivity contribution in [2.75, 3.05) is 0 Å². The van der Waals surface area contributed by atoms with Crippen molar-refractivity contribution in [3.8, 4) is 0 Å². The second-order valence-electron chi connectivity index (χ2n) is 5.48. The predicted molar refractivity (Wildman–Crippen MR) is 80.3 cm³/mol. The largest absolute Gasteiger partial charge is 0.412 e. The number of carbonyl (C=O) groups excluding carboxylic acids is 1. The highest BCUT2D eigenvalue weighted by atomic mass is 19.4. The zero-order chi connectivity index (χ0) is 17.5. The van der Waals surface area contributed by atoms with Gasteiger partial charge in [0.25, 0.3) is 5.91 Å². The van der Waals surface area contributed by atoms with Gasteiger partial charge in [-0.3, -0.25) is 4.79 Å². The standard InChI is InChI=1S/C15H14F3N5O/c1-8-20-11-5-10(6-19-13(11)21-8)14(24)22-12(15(16,17)18)9-3-4-23(2)7-9/h3-7,12H,1-2H3,(H,22,24)(H,19,20,21)/t12-/m0/s1. The van der Waals surface area contributed by atoms with Crippen LogP contribution in [-0.4, -0.2) is 31.6 Å². The molecule has 126 valence electrons. The molecule has 6 nitrogen and oxygen atoms in total. The van der Waals surface area contributed by atoms with E-state index in [9.17, 15) is 18.0 Å². The summed E-state index contributed by atoms with van der Waals surface area (Å²) in [6.07, 6.45) is -0.602. The van der Waals surface area contributed by atoms with E-state index in [2.05, 4.69) is 15.0 Å². The molecule has 0 saturated heterocycles. The van der Waals surface area contributed by atoms with Crippen LogP contribution in [0.1, 0.15) is 27.8 Å². The number of aromatic nitrogens is 4. The van der Waals surface area contributed by atoms with Gasteiger partial charge in [-0.05, 0) is 19.1 Å². The topological polar surface area (TPSA) is 75.6 Å². The Morgan fingerprint density at radius 3 is 2.79 bits per heavy atom. The summed E-state index contributed by atoms with van der Waals surface area (Å²) in [4.78, 5) is 23.2. The van der Waals surface area contributed by atoms with Gasteiger partial charge in [-0.1, -0.05) is 0 Å². The fraction of sp³-hybridized carbons (Fsp3) is 0.267. The molecule has 2 N–H and O–H groups in total. The van der Waals surface area contributed by atoms with Gasteiger partial charge in [0.15, 0.2) is 11.7 Å². The number of nitrogens with one attached hydrogen (secondary N) is 2. The first-order valence-electron chi connectivity index (χ1n) is 7.06. The summed E-state index contributed by atoms with van der Waals surface area (Å²) < 4.78 is 41.4. The smallest absolute Gasteiger partial charge is 0.357 e. The number of H-pyrrole nitrogens is 1.